The Labute approximate surface area is 263 Å². The SMILES string of the molecule is CCCCCCCCCc1ccc(C(=O)c2ccc(Cc3ccc(C(=O)C(C)(C)O[Si](C)(C)[Si](C)(C)C)cc3)cc2)cc1. The van der Waals surface area contributed by atoms with Crippen LogP contribution in [0.5, 0.6) is 0 Å². The number of carbonyl (C=O) groups is 2. The lowest BCUT2D eigenvalue weighted by atomic mass is 9.94. The molecule has 3 aromatic carbocycles. The van der Waals surface area contributed by atoms with Crippen molar-refractivity contribution in [2.45, 2.75) is 117 Å². The summed E-state index contributed by atoms with van der Waals surface area (Å²) in [6.45, 7) is 17.5. The van der Waals surface area contributed by atoms with E-state index in [9.17, 15) is 9.59 Å². The van der Waals surface area contributed by atoms with E-state index in [-0.39, 0.29) is 11.6 Å². The Hall–Kier alpha value is -2.61. The van der Waals surface area contributed by atoms with Crippen LogP contribution in [-0.2, 0) is 17.3 Å². The molecule has 0 aliphatic carbocycles. The second kappa shape index (κ2) is 15.4. The Morgan fingerprint density at radius 1 is 0.605 bits per heavy atom. The Kier molecular flexibility index (Phi) is 12.5. The lowest BCUT2D eigenvalue weighted by Gasteiger charge is -2.41. The zero-order valence-electron chi connectivity index (χ0n) is 28.0. The summed E-state index contributed by atoms with van der Waals surface area (Å²) in [4.78, 5) is 26.5. The number of benzene rings is 3. The van der Waals surface area contributed by atoms with Crippen LogP contribution in [-0.4, -0.2) is 32.6 Å². The number of ketones is 2. The molecule has 232 valence electrons. The van der Waals surface area contributed by atoms with Crippen molar-refractivity contribution in [2.75, 3.05) is 0 Å². The van der Waals surface area contributed by atoms with Crippen molar-refractivity contribution in [1.29, 1.82) is 0 Å². The molecule has 3 rings (SSSR count). The molecule has 0 bridgehead atoms. The molecule has 43 heavy (non-hydrogen) atoms. The number of Topliss-reactive ketones (excluding diaryl/α,β-unsaturated/α-hetero) is 1. The fourth-order valence-electron chi connectivity index (χ4n) is 5.24. The van der Waals surface area contributed by atoms with Gasteiger partial charge >= 0.3 is 0 Å². The van der Waals surface area contributed by atoms with Crippen molar-refractivity contribution in [3.63, 3.8) is 0 Å². The molecule has 0 aliphatic heterocycles. The molecule has 0 saturated carbocycles. The lowest BCUT2D eigenvalue weighted by Crippen LogP contribution is -2.59. The van der Waals surface area contributed by atoms with Crippen LogP contribution in [0.3, 0.4) is 0 Å². The van der Waals surface area contributed by atoms with Gasteiger partial charge < -0.3 is 4.43 Å². The minimum absolute atomic E-state index is 0.0339. The van der Waals surface area contributed by atoms with Gasteiger partial charge in [-0.1, -0.05) is 138 Å². The van der Waals surface area contributed by atoms with Crippen molar-refractivity contribution in [2.24, 2.45) is 0 Å². The van der Waals surface area contributed by atoms with Crippen molar-refractivity contribution >= 4 is 27.0 Å². The van der Waals surface area contributed by atoms with E-state index < -0.39 is 21.0 Å². The molecule has 0 heterocycles. The van der Waals surface area contributed by atoms with Gasteiger partial charge in [-0.05, 0) is 62.9 Å². The minimum atomic E-state index is -1.95. The predicted molar refractivity (Wildman–Crippen MR) is 188 cm³/mol. The van der Waals surface area contributed by atoms with E-state index in [2.05, 4.69) is 51.8 Å². The van der Waals surface area contributed by atoms with E-state index in [1.807, 2.05) is 74.5 Å². The molecule has 0 radical (unpaired) electrons. The molecule has 0 fully saturated rings. The summed E-state index contributed by atoms with van der Waals surface area (Å²) in [7, 11) is -3.45. The van der Waals surface area contributed by atoms with Gasteiger partial charge in [0.2, 0.25) is 0 Å². The van der Waals surface area contributed by atoms with Gasteiger partial charge in [-0.3, -0.25) is 9.59 Å². The van der Waals surface area contributed by atoms with E-state index >= 15 is 0 Å². The minimum Gasteiger partial charge on any atom is -0.408 e. The molecule has 0 aromatic heterocycles. The van der Waals surface area contributed by atoms with Crippen LogP contribution < -0.4 is 0 Å². The maximum absolute atomic E-state index is 13.4. The fourth-order valence-corrected chi connectivity index (χ4v) is 8.60. The standard InChI is InChI=1S/C38H54O3Si2/c1-9-10-11-12-13-14-15-16-30-17-23-33(24-18-30)36(39)34-25-19-31(20-26-34)29-32-21-27-35(28-22-32)37(40)38(2,3)41-43(7,8)42(4,5)6/h17-28H,9-16,29H2,1-8H3. The molecule has 0 amide bonds. The van der Waals surface area contributed by atoms with Crippen molar-refractivity contribution in [3.8, 4) is 0 Å². The molecule has 0 spiro atoms. The summed E-state index contributed by atoms with van der Waals surface area (Å²) in [5.74, 6) is 0.0914. The summed E-state index contributed by atoms with van der Waals surface area (Å²) in [5.41, 5.74) is 4.85. The molecule has 0 unspecified atom stereocenters. The number of rotatable bonds is 17. The first-order valence-electron chi connectivity index (χ1n) is 16.3. The Bertz CT molecular complexity index is 1320. The van der Waals surface area contributed by atoms with Crippen LogP contribution in [0.2, 0.25) is 32.7 Å². The molecule has 0 atom stereocenters. The molecular weight excluding hydrogens is 561 g/mol. The quantitative estimate of drug-likeness (QED) is 0.0863. The van der Waals surface area contributed by atoms with E-state index in [4.69, 9.17) is 4.43 Å². The molecule has 3 nitrogen and oxygen atoms in total. The first-order chi connectivity index (χ1) is 20.2. The van der Waals surface area contributed by atoms with Crippen molar-refractivity contribution in [1.82, 2.24) is 0 Å². The summed E-state index contributed by atoms with van der Waals surface area (Å²) >= 11 is 0. The highest BCUT2D eigenvalue weighted by Gasteiger charge is 2.45. The van der Waals surface area contributed by atoms with E-state index in [1.54, 1.807) is 0 Å². The molecule has 0 saturated heterocycles. The topological polar surface area (TPSA) is 43.4 Å². The van der Waals surface area contributed by atoms with Gasteiger partial charge in [0.05, 0.1) is 7.59 Å². The third-order valence-electron chi connectivity index (χ3n) is 8.99. The van der Waals surface area contributed by atoms with Crippen LogP contribution in [0.4, 0.5) is 0 Å². The normalized spacial score (nSPS) is 12.4. The van der Waals surface area contributed by atoms with Gasteiger partial charge in [-0.2, -0.15) is 0 Å². The Morgan fingerprint density at radius 3 is 1.49 bits per heavy atom. The second-order valence-electron chi connectivity index (χ2n) is 14.2. The van der Waals surface area contributed by atoms with Crippen LogP contribution in [0.25, 0.3) is 0 Å². The van der Waals surface area contributed by atoms with E-state index in [1.165, 1.54) is 50.5 Å². The van der Waals surface area contributed by atoms with Gasteiger partial charge in [-0.15, -0.1) is 0 Å². The average Bonchev–Trinajstić information content (AvgIpc) is 2.96. The van der Waals surface area contributed by atoms with Gasteiger partial charge in [0.1, 0.15) is 5.60 Å². The highest BCUT2D eigenvalue weighted by molar-refractivity contribution is 7.37. The summed E-state index contributed by atoms with van der Waals surface area (Å²) in [5, 5.41) is 0. The first kappa shape index (κ1) is 34.9. The summed E-state index contributed by atoms with van der Waals surface area (Å²) < 4.78 is 6.56. The molecule has 3 aromatic rings. The highest BCUT2D eigenvalue weighted by atomic mass is 29.3. The fraction of sp³-hybridized carbons (Fsp3) is 0.474. The lowest BCUT2D eigenvalue weighted by molar-refractivity contribution is 0.0568. The van der Waals surface area contributed by atoms with Crippen LogP contribution >= 0.6 is 0 Å². The second-order valence-corrected chi connectivity index (χ2v) is 30.0. The Balaban J connectivity index is 1.54. The smallest absolute Gasteiger partial charge is 0.193 e. The van der Waals surface area contributed by atoms with Crippen LogP contribution in [0.15, 0.2) is 72.8 Å². The van der Waals surface area contributed by atoms with Gasteiger partial charge in [-0.25, -0.2) is 0 Å². The largest absolute Gasteiger partial charge is 0.408 e. The molecule has 0 N–H and O–H groups in total. The number of unbranched alkanes of at least 4 members (excludes halogenated alkanes) is 6. The van der Waals surface area contributed by atoms with Crippen molar-refractivity contribution < 1.29 is 14.0 Å². The van der Waals surface area contributed by atoms with E-state index in [0.29, 0.717) is 11.1 Å². The predicted octanol–water partition coefficient (Wildman–Crippen LogP) is 10.4. The zero-order chi connectivity index (χ0) is 31.7. The van der Waals surface area contributed by atoms with Gasteiger partial charge in [0, 0.05) is 16.7 Å². The zero-order valence-corrected chi connectivity index (χ0v) is 30.0. The maximum Gasteiger partial charge on any atom is 0.193 e. The average molecular weight is 615 g/mol. The van der Waals surface area contributed by atoms with Crippen molar-refractivity contribution in [3.05, 3.63) is 106 Å². The third kappa shape index (κ3) is 10.2. The number of aryl methyl sites for hydroxylation is 1. The molecule has 5 heteroatoms. The molecule has 0 aliphatic rings. The van der Waals surface area contributed by atoms with Gasteiger partial charge in [0.15, 0.2) is 19.4 Å². The van der Waals surface area contributed by atoms with Crippen LogP contribution in [0.1, 0.15) is 109 Å². The highest BCUT2D eigenvalue weighted by Crippen LogP contribution is 2.28. The first-order valence-corrected chi connectivity index (χ1v) is 23.7. The molecular formula is C38H54O3Si2. The number of hydrogen-bond donors (Lipinski definition) is 0. The maximum atomic E-state index is 13.4. The third-order valence-corrected chi connectivity index (χ3v) is 24.8. The summed E-state index contributed by atoms with van der Waals surface area (Å²) in [6.07, 6.45) is 11.0. The van der Waals surface area contributed by atoms with Gasteiger partial charge in [0.25, 0.3) is 0 Å². The number of carbonyl (C=O) groups excluding carboxylic acids is 2. The number of hydrogen-bond acceptors (Lipinski definition) is 3. The monoisotopic (exact) mass is 614 g/mol. The van der Waals surface area contributed by atoms with Crippen LogP contribution in [0, 0.1) is 0 Å². The Morgan fingerprint density at radius 2 is 1.02 bits per heavy atom. The summed E-state index contributed by atoms with van der Waals surface area (Å²) in [6, 6.07) is 23.9. The van der Waals surface area contributed by atoms with E-state index in [0.717, 1.165) is 29.5 Å².